The topological polar surface area (TPSA) is 58.4 Å². The Hall–Kier alpha value is -2.47. The van der Waals surface area contributed by atoms with Gasteiger partial charge in [-0.2, -0.15) is 9.78 Å². The van der Waals surface area contributed by atoms with Crippen molar-refractivity contribution in [3.05, 3.63) is 53.3 Å². The number of aryl methyl sites for hydroxylation is 1. The largest absolute Gasteiger partial charge is 0.344 e. The summed E-state index contributed by atoms with van der Waals surface area (Å²) in [7, 11) is 0. The van der Waals surface area contributed by atoms with E-state index in [0.29, 0.717) is 24.0 Å². The van der Waals surface area contributed by atoms with E-state index in [1.54, 1.807) is 19.2 Å². The van der Waals surface area contributed by atoms with E-state index < -0.39 is 0 Å². The Balaban J connectivity index is 1.34. The van der Waals surface area contributed by atoms with E-state index in [2.05, 4.69) is 41.2 Å². The van der Waals surface area contributed by atoms with Crippen LogP contribution in [-0.4, -0.2) is 57.6 Å². The number of Topliss-reactive ketones (excluding diaryl/α,β-unsaturated/α-hetero) is 1. The van der Waals surface area contributed by atoms with Crippen LogP contribution in [0, 0.1) is 18.8 Å². The zero-order chi connectivity index (χ0) is 19.0. The van der Waals surface area contributed by atoms with Crippen LogP contribution >= 0.6 is 0 Å². The number of carbonyl (C=O) groups excluding carboxylic acids is 2. The number of likely N-dealkylation sites (tertiary alicyclic amines) is 2. The molecular weight excluding hydrogens is 340 g/mol. The third kappa shape index (κ3) is 3.67. The first-order valence-electron chi connectivity index (χ1n) is 9.69. The predicted octanol–water partition coefficient (Wildman–Crippen LogP) is 2.82. The fraction of sp³-hybridized carbons (Fsp3) is 0.476. The smallest absolute Gasteiger partial charge is 0.322 e. The number of hydrogen-bond acceptors (Lipinski definition) is 4. The molecule has 2 atom stereocenters. The second-order valence-electron chi connectivity index (χ2n) is 7.81. The van der Waals surface area contributed by atoms with E-state index in [-0.39, 0.29) is 11.8 Å². The Morgan fingerprint density at radius 1 is 1.04 bits per heavy atom. The maximum atomic E-state index is 12.7. The van der Waals surface area contributed by atoms with Crippen molar-refractivity contribution in [3.63, 3.8) is 0 Å². The van der Waals surface area contributed by atoms with Gasteiger partial charge in [0, 0.05) is 45.3 Å². The van der Waals surface area contributed by atoms with Crippen molar-refractivity contribution >= 4 is 11.8 Å². The van der Waals surface area contributed by atoms with Gasteiger partial charge in [-0.05, 0) is 30.4 Å². The van der Waals surface area contributed by atoms with Gasteiger partial charge in [0.2, 0.25) is 0 Å². The van der Waals surface area contributed by atoms with Gasteiger partial charge in [-0.1, -0.05) is 36.8 Å². The third-order valence-electron chi connectivity index (χ3n) is 5.75. The van der Waals surface area contributed by atoms with E-state index in [0.717, 1.165) is 32.7 Å². The molecule has 2 unspecified atom stereocenters. The maximum Gasteiger partial charge on any atom is 0.344 e. The zero-order valence-electron chi connectivity index (χ0n) is 16.0. The van der Waals surface area contributed by atoms with Crippen LogP contribution in [0.1, 0.15) is 35.0 Å². The van der Waals surface area contributed by atoms with Crippen LogP contribution in [-0.2, 0) is 6.54 Å². The van der Waals surface area contributed by atoms with E-state index in [4.69, 9.17) is 0 Å². The molecule has 2 aliphatic heterocycles. The van der Waals surface area contributed by atoms with Crippen LogP contribution in [0.5, 0.6) is 0 Å². The van der Waals surface area contributed by atoms with E-state index in [1.807, 2.05) is 4.90 Å². The summed E-state index contributed by atoms with van der Waals surface area (Å²) >= 11 is 0. The van der Waals surface area contributed by atoms with Crippen molar-refractivity contribution in [2.75, 3.05) is 26.2 Å². The highest BCUT2D eigenvalue weighted by Crippen LogP contribution is 2.32. The molecule has 1 aromatic carbocycles. The molecule has 1 aromatic heterocycles. The Morgan fingerprint density at radius 3 is 2.33 bits per heavy atom. The highest BCUT2D eigenvalue weighted by atomic mass is 16.2. The van der Waals surface area contributed by atoms with Gasteiger partial charge in [0.25, 0.3) is 0 Å². The molecule has 0 saturated carbocycles. The number of aromatic nitrogens is 2. The van der Waals surface area contributed by atoms with E-state index >= 15 is 0 Å². The van der Waals surface area contributed by atoms with Crippen molar-refractivity contribution in [2.45, 2.75) is 26.8 Å². The lowest BCUT2D eigenvalue weighted by Crippen LogP contribution is -2.36. The van der Waals surface area contributed by atoms with Crippen molar-refractivity contribution < 1.29 is 9.59 Å². The van der Waals surface area contributed by atoms with Gasteiger partial charge in [0.05, 0.1) is 0 Å². The highest BCUT2D eigenvalue weighted by Gasteiger charge is 2.41. The lowest BCUT2D eigenvalue weighted by Gasteiger charge is -2.21. The minimum Gasteiger partial charge on any atom is -0.322 e. The Bertz CT molecular complexity index is 828. The number of ketones is 1. The highest BCUT2D eigenvalue weighted by molar-refractivity contribution is 5.94. The first kappa shape index (κ1) is 17.9. The number of fused-ring (bicyclic) bond motifs is 1. The Morgan fingerprint density at radius 2 is 1.70 bits per heavy atom. The number of rotatable bonds is 4. The van der Waals surface area contributed by atoms with Gasteiger partial charge in [-0.15, -0.1) is 0 Å². The normalized spacial score (nSPS) is 22.2. The molecule has 0 radical (unpaired) electrons. The first-order chi connectivity index (χ1) is 13.0. The van der Waals surface area contributed by atoms with Crippen molar-refractivity contribution in [1.29, 1.82) is 0 Å². The summed E-state index contributed by atoms with van der Waals surface area (Å²) in [6, 6.07) is 10.2. The molecule has 142 valence electrons. The minimum atomic E-state index is -0.121. The summed E-state index contributed by atoms with van der Waals surface area (Å²) in [4.78, 5) is 28.8. The molecular formula is C21H26N4O2. The van der Waals surface area contributed by atoms with Crippen molar-refractivity contribution in [2.24, 2.45) is 11.8 Å². The average Bonchev–Trinajstić information content (AvgIpc) is 3.37. The third-order valence-corrected chi connectivity index (χ3v) is 5.75. The number of benzene rings is 1. The van der Waals surface area contributed by atoms with E-state index in [1.165, 1.54) is 15.8 Å². The fourth-order valence-corrected chi connectivity index (χ4v) is 4.23. The summed E-state index contributed by atoms with van der Waals surface area (Å²) in [6.07, 6.45) is 2.00. The standard InChI is InChI=1S/C21H26N4O2/c1-3-20(26)19-8-9-25(22-19)21(27)24-13-17-11-23(12-18(17)14-24)10-16-6-4-15(2)5-7-16/h4-9,17-18H,3,10-14H2,1-2H3. The number of amides is 1. The lowest BCUT2D eigenvalue weighted by atomic mass is 10.0. The Labute approximate surface area is 159 Å². The van der Waals surface area contributed by atoms with Gasteiger partial charge >= 0.3 is 6.03 Å². The monoisotopic (exact) mass is 366 g/mol. The first-order valence-corrected chi connectivity index (χ1v) is 9.69. The number of carbonyl (C=O) groups is 2. The molecule has 27 heavy (non-hydrogen) atoms. The molecule has 6 nitrogen and oxygen atoms in total. The molecule has 0 spiro atoms. The molecule has 4 rings (SSSR count). The van der Waals surface area contributed by atoms with Crippen molar-refractivity contribution in [3.8, 4) is 0 Å². The number of nitrogens with zero attached hydrogens (tertiary/aromatic N) is 4. The molecule has 2 saturated heterocycles. The van der Waals surface area contributed by atoms with Gasteiger partial charge in [0.15, 0.2) is 5.78 Å². The predicted molar refractivity (Wildman–Crippen MR) is 103 cm³/mol. The summed E-state index contributed by atoms with van der Waals surface area (Å²) in [5, 5.41) is 4.16. The summed E-state index contributed by atoms with van der Waals surface area (Å²) in [5.74, 6) is 1.00. The van der Waals surface area contributed by atoms with Gasteiger partial charge in [0.1, 0.15) is 5.69 Å². The second kappa shape index (κ2) is 7.27. The lowest BCUT2D eigenvalue weighted by molar-refractivity contribution is 0.0983. The van der Waals surface area contributed by atoms with Gasteiger partial charge in [-0.3, -0.25) is 9.69 Å². The summed E-state index contributed by atoms with van der Waals surface area (Å²) in [5.41, 5.74) is 3.00. The Kier molecular flexibility index (Phi) is 4.83. The van der Waals surface area contributed by atoms with E-state index in [9.17, 15) is 9.59 Å². The summed E-state index contributed by atoms with van der Waals surface area (Å²) < 4.78 is 1.31. The molecule has 2 fully saturated rings. The molecule has 0 N–H and O–H groups in total. The minimum absolute atomic E-state index is 0.0356. The molecule has 3 heterocycles. The van der Waals surface area contributed by atoms with Crippen LogP contribution in [0.3, 0.4) is 0 Å². The molecule has 2 aliphatic rings. The van der Waals surface area contributed by atoms with Gasteiger partial charge in [-0.25, -0.2) is 4.79 Å². The molecule has 0 aliphatic carbocycles. The number of hydrogen-bond donors (Lipinski definition) is 0. The van der Waals surface area contributed by atoms with Crippen molar-refractivity contribution in [1.82, 2.24) is 19.6 Å². The molecule has 0 bridgehead atoms. The average molecular weight is 366 g/mol. The van der Waals surface area contributed by atoms with Crippen LogP contribution in [0.25, 0.3) is 0 Å². The maximum absolute atomic E-state index is 12.7. The van der Waals surface area contributed by atoms with Crippen LogP contribution < -0.4 is 0 Å². The zero-order valence-corrected chi connectivity index (χ0v) is 16.0. The second-order valence-corrected chi connectivity index (χ2v) is 7.81. The van der Waals surface area contributed by atoms with Gasteiger partial charge < -0.3 is 4.90 Å². The fourth-order valence-electron chi connectivity index (χ4n) is 4.23. The summed E-state index contributed by atoms with van der Waals surface area (Å²) in [6.45, 7) is 8.48. The SMILES string of the molecule is CCC(=O)c1ccn(C(=O)N2CC3CN(Cc4ccc(C)cc4)CC3C2)n1. The van der Waals surface area contributed by atoms with Crippen LogP contribution in [0.2, 0.25) is 0 Å². The van der Waals surface area contributed by atoms with Crippen LogP contribution in [0.4, 0.5) is 4.79 Å². The quantitative estimate of drug-likeness (QED) is 0.781. The van der Waals surface area contributed by atoms with Crippen LogP contribution in [0.15, 0.2) is 36.5 Å². The molecule has 6 heteroatoms. The molecule has 2 aromatic rings. The molecule has 1 amide bonds.